The van der Waals surface area contributed by atoms with Crippen molar-refractivity contribution in [3.63, 3.8) is 0 Å². The third kappa shape index (κ3) is 3.57. The van der Waals surface area contributed by atoms with Crippen molar-refractivity contribution in [2.45, 2.75) is 83.7 Å². The average Bonchev–Trinajstić information content (AvgIpc) is 2.18. The summed E-state index contributed by atoms with van der Waals surface area (Å²) in [6, 6.07) is 6.17. The minimum atomic E-state index is -0.938. The third-order valence-electron chi connectivity index (χ3n) is 5.01. The van der Waals surface area contributed by atoms with Crippen LogP contribution in [0.3, 0.4) is 0 Å². The molecule has 0 amide bonds. The fourth-order valence-corrected chi connectivity index (χ4v) is 38.6. The molecule has 0 rings (SSSR count). The van der Waals surface area contributed by atoms with Gasteiger partial charge in [0.15, 0.2) is 0 Å². The standard InChI is InChI=1S/C13H34Si3/c1-9-15(8,13-14(5,6)7)16(10-2,11-3)12-4/h9-13H2,1-8H3. The van der Waals surface area contributed by atoms with Crippen molar-refractivity contribution in [3.05, 3.63) is 0 Å². The molecule has 0 aliphatic heterocycles. The van der Waals surface area contributed by atoms with E-state index in [4.69, 9.17) is 0 Å². The molecule has 0 saturated carbocycles. The van der Waals surface area contributed by atoms with Crippen LogP contribution in [0.5, 0.6) is 0 Å². The van der Waals surface area contributed by atoms with Crippen LogP contribution in [0.15, 0.2) is 0 Å². The van der Waals surface area contributed by atoms with Crippen LogP contribution in [0.2, 0.25) is 56.0 Å². The van der Waals surface area contributed by atoms with E-state index in [0.717, 1.165) is 0 Å². The van der Waals surface area contributed by atoms with Gasteiger partial charge >= 0.3 is 0 Å². The lowest BCUT2D eigenvalue weighted by atomic mass is 10.9. The Labute approximate surface area is 107 Å². The number of hydrogen-bond acceptors (Lipinski definition) is 0. The molecule has 98 valence electrons. The molecule has 0 N–H and O–H groups in total. The fraction of sp³-hybridized carbons (Fsp3) is 1.00. The van der Waals surface area contributed by atoms with Crippen molar-refractivity contribution in [1.82, 2.24) is 0 Å². The maximum atomic E-state index is 2.76. The van der Waals surface area contributed by atoms with Gasteiger partial charge in [0, 0.05) is 23.3 Å². The topological polar surface area (TPSA) is 0 Å². The normalized spacial score (nSPS) is 17.2. The van der Waals surface area contributed by atoms with Crippen molar-refractivity contribution < 1.29 is 0 Å². The van der Waals surface area contributed by atoms with Crippen LogP contribution < -0.4 is 0 Å². The molecule has 0 fully saturated rings. The van der Waals surface area contributed by atoms with Gasteiger partial charge in [-0.2, -0.15) is 0 Å². The van der Waals surface area contributed by atoms with Crippen LogP contribution in [-0.4, -0.2) is 23.3 Å². The van der Waals surface area contributed by atoms with Gasteiger partial charge < -0.3 is 0 Å². The molecule has 0 aromatic heterocycles. The average molecular weight is 275 g/mol. The number of hydrogen-bond donors (Lipinski definition) is 0. The molecule has 1 unspecified atom stereocenters. The summed E-state index contributed by atoms with van der Waals surface area (Å²) in [6.45, 7) is 20.5. The highest BCUT2D eigenvalue weighted by molar-refractivity contribution is 7.44. The molecule has 0 spiro atoms. The first kappa shape index (κ1) is 16.7. The Kier molecular flexibility index (Phi) is 6.25. The maximum absolute atomic E-state index is 2.76. The summed E-state index contributed by atoms with van der Waals surface area (Å²) in [5, 5.41) is 0. The molecule has 1 atom stereocenters. The van der Waals surface area contributed by atoms with Gasteiger partial charge in [-0.15, -0.1) is 0 Å². The summed E-state index contributed by atoms with van der Waals surface area (Å²) in [7, 11) is -2.72. The molecule has 0 aromatic rings. The molecule has 0 aromatic carbocycles. The predicted octanol–water partition coefficient (Wildman–Crippen LogP) is 5.55. The van der Waals surface area contributed by atoms with E-state index in [1.165, 1.54) is 0 Å². The van der Waals surface area contributed by atoms with Gasteiger partial charge in [-0.25, -0.2) is 0 Å². The van der Waals surface area contributed by atoms with Gasteiger partial charge in [-0.3, -0.25) is 0 Å². The Morgan fingerprint density at radius 2 is 1.00 bits per heavy atom. The van der Waals surface area contributed by atoms with E-state index in [0.29, 0.717) is 0 Å². The zero-order valence-electron chi connectivity index (χ0n) is 13.0. The Morgan fingerprint density at radius 1 is 0.625 bits per heavy atom. The van der Waals surface area contributed by atoms with Gasteiger partial charge in [0.25, 0.3) is 0 Å². The quantitative estimate of drug-likeness (QED) is 0.534. The van der Waals surface area contributed by atoms with E-state index in [9.17, 15) is 0 Å². The Hall–Kier alpha value is 0.651. The summed E-state index contributed by atoms with van der Waals surface area (Å²) in [5.41, 5.74) is 1.68. The van der Waals surface area contributed by atoms with Crippen molar-refractivity contribution in [3.8, 4) is 0 Å². The summed E-state index contributed by atoms with van der Waals surface area (Å²) in [5.74, 6) is 0. The zero-order chi connectivity index (χ0) is 13.0. The Bertz CT molecular complexity index is 195. The molecule has 0 radical (unpaired) electrons. The van der Waals surface area contributed by atoms with Crippen molar-refractivity contribution in [1.29, 1.82) is 0 Å². The number of rotatable bonds is 7. The van der Waals surface area contributed by atoms with Crippen LogP contribution >= 0.6 is 0 Å². The van der Waals surface area contributed by atoms with Crippen molar-refractivity contribution >= 4 is 23.3 Å². The van der Waals surface area contributed by atoms with Crippen LogP contribution in [0.25, 0.3) is 0 Å². The maximum Gasteiger partial charge on any atom is 0.0465 e. The van der Waals surface area contributed by atoms with E-state index in [1.807, 2.05) is 0 Å². The summed E-state index contributed by atoms with van der Waals surface area (Å²) < 4.78 is 0. The van der Waals surface area contributed by atoms with Crippen LogP contribution in [0.1, 0.15) is 27.7 Å². The molecule has 16 heavy (non-hydrogen) atoms. The lowest BCUT2D eigenvalue weighted by Gasteiger charge is -2.47. The first-order valence-corrected chi connectivity index (χ1v) is 17.4. The minimum absolute atomic E-state index is 0.876. The SMILES string of the molecule is CC[Si](C)(C[Si](C)(C)C)[Si](CC)(CC)CC. The lowest BCUT2D eigenvalue weighted by molar-refractivity contribution is 1.18. The molecule has 3 heteroatoms. The first-order valence-electron chi connectivity index (χ1n) is 7.20. The molecule has 0 saturated heterocycles. The van der Waals surface area contributed by atoms with Gasteiger partial charge in [0.2, 0.25) is 0 Å². The highest BCUT2D eigenvalue weighted by Gasteiger charge is 2.48. The fourth-order valence-electron chi connectivity index (χ4n) is 3.89. The summed E-state index contributed by atoms with van der Waals surface area (Å²) >= 11 is 0. The highest BCUT2D eigenvalue weighted by Crippen LogP contribution is 2.38. The summed E-state index contributed by atoms with van der Waals surface area (Å²) in [4.78, 5) is 0. The van der Waals surface area contributed by atoms with Crippen molar-refractivity contribution in [2.24, 2.45) is 0 Å². The summed E-state index contributed by atoms with van der Waals surface area (Å²) in [6.07, 6.45) is 0. The van der Waals surface area contributed by atoms with E-state index < -0.39 is 23.3 Å². The monoisotopic (exact) mass is 274 g/mol. The largest absolute Gasteiger partial charge is 0.0713 e. The first-order chi connectivity index (χ1) is 7.20. The second kappa shape index (κ2) is 6.01. The smallest absolute Gasteiger partial charge is 0.0465 e. The molecular formula is C13H34Si3. The molecule has 0 aliphatic carbocycles. The lowest BCUT2D eigenvalue weighted by Crippen LogP contribution is -2.62. The van der Waals surface area contributed by atoms with Gasteiger partial charge in [0.1, 0.15) is 0 Å². The van der Waals surface area contributed by atoms with E-state index in [-0.39, 0.29) is 0 Å². The Morgan fingerprint density at radius 3 is 1.19 bits per heavy atom. The molecule has 0 heterocycles. The zero-order valence-corrected chi connectivity index (χ0v) is 16.0. The second-order valence-corrected chi connectivity index (χ2v) is 28.8. The molecular weight excluding hydrogens is 240 g/mol. The third-order valence-corrected chi connectivity index (χ3v) is 34.1. The van der Waals surface area contributed by atoms with E-state index in [2.05, 4.69) is 53.9 Å². The molecule has 0 nitrogen and oxygen atoms in total. The van der Waals surface area contributed by atoms with Gasteiger partial charge in [-0.05, 0) is 0 Å². The van der Waals surface area contributed by atoms with Crippen LogP contribution in [-0.2, 0) is 0 Å². The van der Waals surface area contributed by atoms with E-state index >= 15 is 0 Å². The van der Waals surface area contributed by atoms with Crippen LogP contribution in [0.4, 0.5) is 0 Å². The molecule has 0 aliphatic rings. The van der Waals surface area contributed by atoms with Crippen LogP contribution in [0, 0.1) is 0 Å². The Balaban J connectivity index is 5.18. The molecule has 0 bridgehead atoms. The minimum Gasteiger partial charge on any atom is -0.0713 e. The van der Waals surface area contributed by atoms with Gasteiger partial charge in [-0.1, -0.05) is 83.7 Å². The second-order valence-electron chi connectivity index (χ2n) is 6.99. The van der Waals surface area contributed by atoms with E-state index in [1.54, 1.807) is 29.8 Å². The van der Waals surface area contributed by atoms with Crippen molar-refractivity contribution in [2.75, 3.05) is 0 Å². The predicted molar refractivity (Wildman–Crippen MR) is 87.4 cm³/mol. The van der Waals surface area contributed by atoms with Gasteiger partial charge in [0.05, 0.1) is 0 Å². The highest BCUT2D eigenvalue weighted by atomic mass is 29.3.